The van der Waals surface area contributed by atoms with Crippen LogP contribution < -0.4 is 5.32 Å². The van der Waals surface area contributed by atoms with E-state index in [4.69, 9.17) is 0 Å². The zero-order chi connectivity index (χ0) is 14.5. The van der Waals surface area contributed by atoms with E-state index in [1.54, 1.807) is 11.3 Å². The van der Waals surface area contributed by atoms with Crippen molar-refractivity contribution < 1.29 is 4.79 Å². The van der Waals surface area contributed by atoms with Gasteiger partial charge in [0.2, 0.25) is 5.91 Å². The first-order valence-electron chi connectivity index (χ1n) is 7.59. The van der Waals surface area contributed by atoms with Gasteiger partial charge in [0.15, 0.2) is 0 Å². The van der Waals surface area contributed by atoms with Crippen molar-refractivity contribution >= 4 is 17.2 Å². The van der Waals surface area contributed by atoms with Gasteiger partial charge >= 0.3 is 0 Å². The quantitative estimate of drug-likeness (QED) is 0.902. The maximum absolute atomic E-state index is 12.1. The number of rotatable bonds is 5. The van der Waals surface area contributed by atoms with E-state index in [0.29, 0.717) is 12.6 Å². The first-order valence-corrected chi connectivity index (χ1v) is 8.47. The lowest BCUT2D eigenvalue weighted by atomic mass is 9.87. The Morgan fingerprint density at radius 3 is 2.75 bits per heavy atom. The minimum Gasteiger partial charge on any atom is -0.348 e. The lowest BCUT2D eigenvalue weighted by Crippen LogP contribution is -2.42. The molecule has 0 spiro atoms. The van der Waals surface area contributed by atoms with Crippen LogP contribution in [0.1, 0.15) is 50.4 Å². The molecule has 0 radical (unpaired) electrons. The Kier molecular flexibility index (Phi) is 5.61. The third-order valence-electron chi connectivity index (χ3n) is 4.35. The van der Waals surface area contributed by atoms with Gasteiger partial charge in [-0.15, -0.1) is 11.3 Å². The Bertz CT molecular complexity index is 410. The topological polar surface area (TPSA) is 32.3 Å². The van der Waals surface area contributed by atoms with Crippen LogP contribution in [0.2, 0.25) is 0 Å². The summed E-state index contributed by atoms with van der Waals surface area (Å²) in [6.07, 6.45) is 5.04. The Labute approximate surface area is 126 Å². The summed E-state index contributed by atoms with van der Waals surface area (Å²) in [6, 6.07) is 4.79. The van der Waals surface area contributed by atoms with Crippen LogP contribution in [-0.4, -0.2) is 30.4 Å². The molecule has 1 N–H and O–H groups in total. The largest absolute Gasteiger partial charge is 0.348 e. The Morgan fingerprint density at radius 1 is 1.45 bits per heavy atom. The van der Waals surface area contributed by atoms with E-state index in [9.17, 15) is 4.79 Å². The molecule has 1 aliphatic rings. The minimum atomic E-state index is 0.113. The summed E-state index contributed by atoms with van der Waals surface area (Å²) in [5.41, 5.74) is 0. The molecule has 4 heteroatoms. The van der Waals surface area contributed by atoms with E-state index in [2.05, 4.69) is 30.3 Å². The first-order chi connectivity index (χ1) is 9.56. The van der Waals surface area contributed by atoms with Crippen molar-refractivity contribution in [2.45, 2.75) is 51.6 Å². The highest BCUT2D eigenvalue weighted by molar-refractivity contribution is 7.10. The molecule has 20 heavy (non-hydrogen) atoms. The highest BCUT2D eigenvalue weighted by Crippen LogP contribution is 2.26. The summed E-state index contributed by atoms with van der Waals surface area (Å²) in [5.74, 6) is 0.986. The predicted molar refractivity (Wildman–Crippen MR) is 84.9 cm³/mol. The molecule has 2 rings (SSSR count). The van der Waals surface area contributed by atoms with Crippen molar-refractivity contribution in [2.24, 2.45) is 5.92 Å². The number of hydrogen-bond acceptors (Lipinski definition) is 3. The molecule has 1 amide bonds. The molecule has 1 saturated carbocycles. The first kappa shape index (κ1) is 15.5. The van der Waals surface area contributed by atoms with Gasteiger partial charge in [0.05, 0.1) is 12.6 Å². The van der Waals surface area contributed by atoms with E-state index >= 15 is 0 Å². The van der Waals surface area contributed by atoms with Crippen molar-refractivity contribution in [3.8, 4) is 0 Å². The fourth-order valence-corrected chi connectivity index (χ4v) is 3.67. The van der Waals surface area contributed by atoms with Crippen molar-refractivity contribution in [2.75, 3.05) is 13.6 Å². The van der Waals surface area contributed by atoms with Crippen molar-refractivity contribution in [1.29, 1.82) is 0 Å². The van der Waals surface area contributed by atoms with Gasteiger partial charge in [-0.2, -0.15) is 0 Å². The van der Waals surface area contributed by atoms with Crippen LogP contribution in [0.5, 0.6) is 0 Å². The third-order valence-corrected chi connectivity index (χ3v) is 5.40. The molecule has 0 bridgehead atoms. The van der Waals surface area contributed by atoms with Gasteiger partial charge in [0.1, 0.15) is 0 Å². The highest BCUT2D eigenvalue weighted by atomic mass is 32.1. The number of amides is 1. The van der Waals surface area contributed by atoms with E-state index < -0.39 is 0 Å². The van der Waals surface area contributed by atoms with Gasteiger partial charge in [0, 0.05) is 10.9 Å². The molecule has 1 aromatic rings. The lowest BCUT2D eigenvalue weighted by molar-refractivity contribution is -0.123. The minimum absolute atomic E-state index is 0.113. The molecule has 0 saturated heterocycles. The summed E-state index contributed by atoms with van der Waals surface area (Å²) in [7, 11) is 2.08. The summed E-state index contributed by atoms with van der Waals surface area (Å²) >= 11 is 1.69. The molecule has 112 valence electrons. The Balaban J connectivity index is 1.76. The van der Waals surface area contributed by atoms with Crippen LogP contribution in [0.25, 0.3) is 0 Å². The van der Waals surface area contributed by atoms with E-state index in [1.165, 1.54) is 30.6 Å². The molecule has 0 aromatic carbocycles. The molecular weight excluding hydrogens is 268 g/mol. The molecule has 1 aliphatic carbocycles. The SMILES string of the molecule is CC1CCC(N(C)CC(=O)NC(C)c2cccs2)CC1. The van der Waals surface area contributed by atoms with Gasteiger partial charge in [-0.1, -0.05) is 13.0 Å². The molecule has 1 atom stereocenters. The molecule has 3 nitrogen and oxygen atoms in total. The second-order valence-corrected chi connectivity index (χ2v) is 7.11. The van der Waals surface area contributed by atoms with Crippen LogP contribution in [-0.2, 0) is 4.79 Å². The van der Waals surface area contributed by atoms with Crippen LogP contribution >= 0.6 is 11.3 Å². The maximum Gasteiger partial charge on any atom is 0.234 e. The van der Waals surface area contributed by atoms with Gasteiger partial charge < -0.3 is 5.32 Å². The lowest BCUT2D eigenvalue weighted by Gasteiger charge is -2.33. The third kappa shape index (κ3) is 4.32. The number of likely N-dealkylation sites (N-methyl/N-ethyl adjacent to an activating group) is 1. The fourth-order valence-electron chi connectivity index (χ4n) is 2.93. The monoisotopic (exact) mass is 294 g/mol. The fraction of sp³-hybridized carbons (Fsp3) is 0.688. The molecule has 1 unspecified atom stereocenters. The number of hydrogen-bond donors (Lipinski definition) is 1. The molecular formula is C16H26N2OS. The second kappa shape index (κ2) is 7.23. The van der Waals surface area contributed by atoms with Crippen LogP contribution in [0.3, 0.4) is 0 Å². The number of carbonyl (C=O) groups is 1. The molecule has 1 fully saturated rings. The zero-order valence-corrected chi connectivity index (χ0v) is 13.6. The van der Waals surface area contributed by atoms with Crippen molar-refractivity contribution in [1.82, 2.24) is 10.2 Å². The number of carbonyl (C=O) groups excluding carboxylic acids is 1. The Hall–Kier alpha value is -0.870. The number of thiophene rings is 1. The number of nitrogens with one attached hydrogen (secondary N) is 1. The Morgan fingerprint density at radius 2 is 2.15 bits per heavy atom. The summed E-state index contributed by atoms with van der Waals surface area (Å²) in [6.45, 7) is 4.88. The normalized spacial score (nSPS) is 24.6. The zero-order valence-electron chi connectivity index (χ0n) is 12.8. The van der Waals surface area contributed by atoms with E-state index in [0.717, 1.165) is 5.92 Å². The average molecular weight is 294 g/mol. The smallest absolute Gasteiger partial charge is 0.234 e. The van der Waals surface area contributed by atoms with Crippen LogP contribution in [0.15, 0.2) is 17.5 Å². The number of nitrogens with zero attached hydrogens (tertiary/aromatic N) is 1. The summed E-state index contributed by atoms with van der Waals surface area (Å²) < 4.78 is 0. The van der Waals surface area contributed by atoms with Crippen LogP contribution in [0.4, 0.5) is 0 Å². The van der Waals surface area contributed by atoms with E-state index in [-0.39, 0.29) is 11.9 Å². The predicted octanol–water partition coefficient (Wildman–Crippen LogP) is 3.44. The van der Waals surface area contributed by atoms with E-state index in [1.807, 2.05) is 18.4 Å². The standard InChI is InChI=1S/C16H26N2OS/c1-12-6-8-14(9-7-12)18(3)11-16(19)17-13(2)15-5-4-10-20-15/h4-5,10,12-14H,6-9,11H2,1-3H3,(H,17,19). The average Bonchev–Trinajstić information content (AvgIpc) is 2.93. The van der Waals surface area contributed by atoms with Crippen molar-refractivity contribution in [3.63, 3.8) is 0 Å². The van der Waals surface area contributed by atoms with Crippen molar-refractivity contribution in [3.05, 3.63) is 22.4 Å². The van der Waals surface area contributed by atoms with Crippen LogP contribution in [0, 0.1) is 5.92 Å². The summed E-state index contributed by atoms with van der Waals surface area (Å²) in [5, 5.41) is 5.14. The van der Waals surface area contributed by atoms with Gasteiger partial charge in [-0.25, -0.2) is 0 Å². The van der Waals surface area contributed by atoms with Gasteiger partial charge in [-0.05, 0) is 57.0 Å². The molecule has 0 aliphatic heterocycles. The second-order valence-electron chi connectivity index (χ2n) is 6.13. The maximum atomic E-state index is 12.1. The molecule has 1 aromatic heterocycles. The highest BCUT2D eigenvalue weighted by Gasteiger charge is 2.23. The molecule has 1 heterocycles. The summed E-state index contributed by atoms with van der Waals surface area (Å²) in [4.78, 5) is 15.6. The van der Waals surface area contributed by atoms with Gasteiger partial charge in [-0.3, -0.25) is 9.69 Å². The van der Waals surface area contributed by atoms with Gasteiger partial charge in [0.25, 0.3) is 0 Å².